The Kier molecular flexibility index (Phi) is 5.41. The second-order valence-electron chi connectivity index (χ2n) is 5.44. The molecule has 0 aromatic carbocycles. The van der Waals surface area contributed by atoms with Crippen LogP contribution in [0.1, 0.15) is 25.1 Å². The molecule has 1 aromatic rings. The van der Waals surface area contributed by atoms with Crippen LogP contribution in [0.25, 0.3) is 0 Å². The number of hydrogen-bond donors (Lipinski definition) is 0. The third-order valence-electron chi connectivity index (χ3n) is 3.33. The van der Waals surface area contributed by atoms with Crippen molar-refractivity contribution in [3.8, 4) is 0 Å². The molecule has 1 aromatic heterocycles. The van der Waals surface area contributed by atoms with Gasteiger partial charge < -0.3 is 14.2 Å². The first-order chi connectivity index (χ1) is 10.4. The summed E-state index contributed by atoms with van der Waals surface area (Å²) < 4.78 is 35.7. The highest BCUT2D eigenvalue weighted by Gasteiger charge is 2.30. The van der Waals surface area contributed by atoms with Crippen LogP contribution in [0.5, 0.6) is 0 Å². The molecule has 1 amide bonds. The molecule has 1 aliphatic rings. The largest absolute Gasteiger partial charge is 0.377 e. The van der Waals surface area contributed by atoms with Gasteiger partial charge in [-0.2, -0.15) is 4.98 Å². The number of hydrogen-bond acceptors (Lipinski definition) is 6. The van der Waals surface area contributed by atoms with E-state index in [1.807, 2.05) is 4.90 Å². The third kappa shape index (κ3) is 4.99. The summed E-state index contributed by atoms with van der Waals surface area (Å²) in [6.45, 7) is 3.54. The van der Waals surface area contributed by atoms with Gasteiger partial charge in [0.2, 0.25) is 11.8 Å². The second kappa shape index (κ2) is 7.10. The van der Waals surface area contributed by atoms with Crippen molar-refractivity contribution in [1.82, 2.24) is 19.9 Å². The minimum absolute atomic E-state index is 0.289. The Morgan fingerprint density at radius 2 is 2.05 bits per heavy atom. The number of amides is 1. The fourth-order valence-corrected chi connectivity index (χ4v) is 2.27. The molecule has 0 saturated carbocycles. The molecular weight excluding hydrogens is 298 g/mol. The van der Waals surface area contributed by atoms with E-state index in [-0.39, 0.29) is 6.61 Å². The van der Waals surface area contributed by atoms with Crippen LogP contribution in [0.2, 0.25) is 0 Å². The van der Waals surface area contributed by atoms with Crippen molar-refractivity contribution in [2.24, 2.45) is 0 Å². The van der Waals surface area contributed by atoms with Crippen molar-refractivity contribution in [2.75, 3.05) is 33.3 Å². The molecule has 2 heterocycles. The Hall–Kier alpha value is -1.61. The molecule has 7 nitrogen and oxygen atoms in total. The van der Waals surface area contributed by atoms with Gasteiger partial charge in [-0.05, 0) is 6.92 Å². The Morgan fingerprint density at radius 3 is 2.64 bits per heavy atom. The third-order valence-corrected chi connectivity index (χ3v) is 3.33. The van der Waals surface area contributed by atoms with E-state index in [2.05, 4.69) is 10.1 Å². The van der Waals surface area contributed by atoms with Crippen LogP contribution in [0.15, 0.2) is 4.52 Å². The maximum Gasteiger partial charge on any atom is 0.254 e. The molecule has 9 heteroatoms. The highest BCUT2D eigenvalue weighted by atomic mass is 19.3. The number of ether oxygens (including phenoxy) is 1. The van der Waals surface area contributed by atoms with Gasteiger partial charge >= 0.3 is 0 Å². The van der Waals surface area contributed by atoms with Crippen molar-refractivity contribution < 1.29 is 22.8 Å². The average Bonchev–Trinajstić information content (AvgIpc) is 2.85. The van der Waals surface area contributed by atoms with Crippen LogP contribution in [-0.4, -0.2) is 65.1 Å². The lowest BCUT2D eigenvalue weighted by atomic mass is 10.2. The SMILES string of the molecule is COCc1noc(CN2CCN(C(=O)CC(C)(F)F)CC2)n1. The van der Waals surface area contributed by atoms with E-state index in [9.17, 15) is 13.6 Å². The van der Waals surface area contributed by atoms with E-state index in [0.29, 0.717) is 44.4 Å². The molecule has 0 spiro atoms. The number of piperazine rings is 1. The lowest BCUT2D eigenvalue weighted by molar-refractivity contribution is -0.139. The maximum atomic E-state index is 12.9. The summed E-state index contributed by atoms with van der Waals surface area (Å²) in [6, 6.07) is 0. The number of halogens is 2. The zero-order chi connectivity index (χ0) is 16.2. The first kappa shape index (κ1) is 16.8. The Bertz CT molecular complexity index is 496. The van der Waals surface area contributed by atoms with Gasteiger partial charge in [0, 0.05) is 33.3 Å². The second-order valence-corrected chi connectivity index (χ2v) is 5.44. The standard InChI is InChI=1S/C13H20F2N4O3/c1-13(14,15)7-12(20)19-5-3-18(4-6-19)8-11-16-10(9-21-2)17-22-11/h3-9H2,1-2H3. The van der Waals surface area contributed by atoms with E-state index in [0.717, 1.165) is 6.92 Å². The van der Waals surface area contributed by atoms with E-state index in [1.54, 1.807) is 7.11 Å². The monoisotopic (exact) mass is 318 g/mol. The fraction of sp³-hybridized carbons (Fsp3) is 0.769. The molecule has 0 N–H and O–H groups in total. The minimum atomic E-state index is -2.96. The maximum absolute atomic E-state index is 12.9. The minimum Gasteiger partial charge on any atom is -0.377 e. The van der Waals surface area contributed by atoms with Crippen molar-refractivity contribution in [1.29, 1.82) is 0 Å². The molecule has 1 fully saturated rings. The number of carbonyl (C=O) groups is 1. The topological polar surface area (TPSA) is 71.7 Å². The van der Waals surface area contributed by atoms with E-state index in [1.165, 1.54) is 4.90 Å². The molecule has 0 unspecified atom stereocenters. The first-order valence-corrected chi connectivity index (χ1v) is 7.06. The molecular formula is C13H20F2N4O3. The summed E-state index contributed by atoms with van der Waals surface area (Å²) in [4.78, 5) is 19.4. The van der Waals surface area contributed by atoms with Gasteiger partial charge in [-0.15, -0.1) is 0 Å². The summed E-state index contributed by atoms with van der Waals surface area (Å²) in [7, 11) is 1.55. The van der Waals surface area contributed by atoms with Crippen molar-refractivity contribution in [3.05, 3.63) is 11.7 Å². The summed E-state index contributed by atoms with van der Waals surface area (Å²) in [6.07, 6.45) is -0.739. The van der Waals surface area contributed by atoms with E-state index < -0.39 is 18.3 Å². The summed E-state index contributed by atoms with van der Waals surface area (Å²) in [5.41, 5.74) is 0. The van der Waals surface area contributed by atoms with Crippen LogP contribution in [0, 0.1) is 0 Å². The lowest BCUT2D eigenvalue weighted by Gasteiger charge is -2.34. The van der Waals surface area contributed by atoms with Gasteiger partial charge in [-0.25, -0.2) is 8.78 Å². The first-order valence-electron chi connectivity index (χ1n) is 7.06. The number of nitrogens with zero attached hydrogens (tertiary/aromatic N) is 4. The predicted octanol–water partition coefficient (Wildman–Crippen LogP) is 0.906. The molecule has 0 atom stereocenters. The Balaban J connectivity index is 1.78. The van der Waals surface area contributed by atoms with Crippen LogP contribution in [0.4, 0.5) is 8.78 Å². The summed E-state index contributed by atoms with van der Waals surface area (Å²) in [5.74, 6) is -2.51. The van der Waals surface area contributed by atoms with E-state index >= 15 is 0 Å². The number of alkyl halides is 2. The fourth-order valence-electron chi connectivity index (χ4n) is 2.27. The summed E-state index contributed by atoms with van der Waals surface area (Å²) in [5, 5.41) is 3.77. The number of carbonyl (C=O) groups excluding carboxylic acids is 1. The van der Waals surface area contributed by atoms with Gasteiger partial charge in [0.1, 0.15) is 6.61 Å². The van der Waals surface area contributed by atoms with E-state index in [4.69, 9.17) is 9.26 Å². The molecule has 0 radical (unpaired) electrons. The van der Waals surface area contributed by atoms with Crippen LogP contribution < -0.4 is 0 Å². The number of rotatable bonds is 6. The Morgan fingerprint density at radius 1 is 1.36 bits per heavy atom. The molecule has 0 bridgehead atoms. The highest BCUT2D eigenvalue weighted by molar-refractivity contribution is 5.77. The summed E-state index contributed by atoms with van der Waals surface area (Å²) >= 11 is 0. The van der Waals surface area contributed by atoms with Crippen molar-refractivity contribution in [3.63, 3.8) is 0 Å². The normalized spacial score (nSPS) is 17.0. The van der Waals surface area contributed by atoms with Crippen molar-refractivity contribution >= 4 is 5.91 Å². The smallest absolute Gasteiger partial charge is 0.254 e. The van der Waals surface area contributed by atoms with Gasteiger partial charge in [0.25, 0.3) is 5.92 Å². The quantitative estimate of drug-likeness (QED) is 0.776. The van der Waals surface area contributed by atoms with Gasteiger partial charge in [-0.3, -0.25) is 9.69 Å². The molecule has 22 heavy (non-hydrogen) atoms. The highest BCUT2D eigenvalue weighted by Crippen LogP contribution is 2.19. The number of methoxy groups -OCH3 is 1. The van der Waals surface area contributed by atoms with Crippen LogP contribution >= 0.6 is 0 Å². The molecule has 124 valence electrons. The van der Waals surface area contributed by atoms with Gasteiger partial charge in [0.05, 0.1) is 13.0 Å². The zero-order valence-electron chi connectivity index (χ0n) is 12.7. The predicted molar refractivity (Wildman–Crippen MR) is 72.1 cm³/mol. The Labute approximate surface area is 127 Å². The van der Waals surface area contributed by atoms with Crippen molar-refractivity contribution in [2.45, 2.75) is 32.4 Å². The molecule has 0 aliphatic carbocycles. The van der Waals surface area contributed by atoms with Gasteiger partial charge in [0.15, 0.2) is 5.82 Å². The molecule has 1 aliphatic heterocycles. The lowest BCUT2D eigenvalue weighted by Crippen LogP contribution is -2.49. The van der Waals surface area contributed by atoms with Gasteiger partial charge in [-0.1, -0.05) is 5.16 Å². The zero-order valence-corrected chi connectivity index (χ0v) is 12.7. The number of aromatic nitrogens is 2. The molecule has 1 saturated heterocycles. The van der Waals surface area contributed by atoms with Crippen LogP contribution in [0.3, 0.4) is 0 Å². The molecule has 2 rings (SSSR count). The van der Waals surface area contributed by atoms with Crippen LogP contribution in [-0.2, 0) is 22.7 Å². The average molecular weight is 318 g/mol.